The molecular weight excluding hydrogens is 276 g/mol. The summed E-state index contributed by atoms with van der Waals surface area (Å²) in [6.07, 6.45) is 27.6. The minimum atomic E-state index is 1.28. The maximum absolute atomic E-state index is 2.31. The van der Waals surface area contributed by atoms with Crippen LogP contribution < -0.4 is 0 Å². The third-order valence-corrected chi connectivity index (χ3v) is 5.31. The molecule has 1 radical (unpaired) electrons. The van der Waals surface area contributed by atoms with Crippen LogP contribution in [0.5, 0.6) is 0 Å². The lowest BCUT2D eigenvalue weighted by molar-refractivity contribution is 0.525. The second kappa shape index (κ2) is 20.0. The molecule has 0 spiro atoms. The van der Waals surface area contributed by atoms with Crippen LogP contribution in [0.25, 0.3) is 0 Å². The van der Waals surface area contributed by atoms with Gasteiger partial charge in [-0.05, 0) is 12.3 Å². The maximum atomic E-state index is 2.31. The monoisotopic (exact) mass is 323 g/mol. The highest BCUT2D eigenvalue weighted by Crippen LogP contribution is 2.17. The van der Waals surface area contributed by atoms with Gasteiger partial charge in [0.1, 0.15) is 0 Å². The van der Waals surface area contributed by atoms with Crippen molar-refractivity contribution in [2.75, 3.05) is 0 Å². The summed E-state index contributed by atoms with van der Waals surface area (Å²) >= 11 is 0. The molecule has 0 aliphatic heterocycles. The van der Waals surface area contributed by atoms with Crippen LogP contribution in [0, 0.1) is 5.92 Å². The normalized spacial score (nSPS) is 11.5. The van der Waals surface area contributed by atoms with Gasteiger partial charge >= 0.3 is 0 Å². The van der Waals surface area contributed by atoms with Gasteiger partial charge in [0.15, 0.2) is 0 Å². The number of hydrogen-bond acceptors (Lipinski definition) is 0. The first kappa shape index (κ1) is 23.0. The SMILES string of the molecule is CCCCCCCCCCCCCCCCCCC[C](C)CC. The molecule has 0 aliphatic rings. The highest BCUT2D eigenvalue weighted by Gasteiger charge is 1.98. The van der Waals surface area contributed by atoms with Gasteiger partial charge in [-0.25, -0.2) is 0 Å². The molecule has 0 saturated carbocycles. The van der Waals surface area contributed by atoms with Crippen molar-refractivity contribution in [1.82, 2.24) is 0 Å². The molecule has 0 aliphatic carbocycles. The summed E-state index contributed by atoms with van der Waals surface area (Å²) in [6, 6.07) is 0. The van der Waals surface area contributed by atoms with Gasteiger partial charge in [0.2, 0.25) is 0 Å². The molecule has 0 atom stereocenters. The van der Waals surface area contributed by atoms with Gasteiger partial charge in [0, 0.05) is 0 Å². The zero-order chi connectivity index (χ0) is 17.0. The van der Waals surface area contributed by atoms with Gasteiger partial charge in [0.05, 0.1) is 0 Å². The van der Waals surface area contributed by atoms with Crippen molar-refractivity contribution < 1.29 is 0 Å². The summed E-state index contributed by atoms with van der Waals surface area (Å²) in [5.41, 5.74) is 0. The third-order valence-electron chi connectivity index (χ3n) is 5.31. The maximum Gasteiger partial charge on any atom is -0.0275 e. The molecule has 0 nitrogen and oxygen atoms in total. The first-order valence-corrected chi connectivity index (χ1v) is 11.1. The van der Waals surface area contributed by atoms with E-state index in [1.54, 1.807) is 5.92 Å². The van der Waals surface area contributed by atoms with E-state index < -0.39 is 0 Å². The van der Waals surface area contributed by atoms with Crippen molar-refractivity contribution >= 4 is 0 Å². The Hall–Kier alpha value is 0. The molecule has 139 valence electrons. The van der Waals surface area contributed by atoms with E-state index in [1.807, 2.05) is 0 Å². The molecule has 0 bridgehead atoms. The Bertz CT molecular complexity index is 196. The zero-order valence-electron chi connectivity index (χ0n) is 16.9. The van der Waals surface area contributed by atoms with E-state index in [9.17, 15) is 0 Å². The largest absolute Gasteiger partial charge is 0.0654 e. The third kappa shape index (κ3) is 20.0. The molecule has 0 aromatic rings. The van der Waals surface area contributed by atoms with E-state index >= 15 is 0 Å². The van der Waals surface area contributed by atoms with E-state index in [0.717, 1.165) is 0 Å². The summed E-state index contributed by atoms with van der Waals surface area (Å²) in [7, 11) is 0. The molecule has 0 N–H and O–H groups in total. The van der Waals surface area contributed by atoms with Crippen LogP contribution in [0.1, 0.15) is 143 Å². The van der Waals surface area contributed by atoms with Crippen molar-refractivity contribution in [3.05, 3.63) is 5.92 Å². The standard InChI is InChI=1S/C23H47/c1-4-6-7-8-9-10-11-12-13-14-15-16-17-18-19-20-21-22-23(3)5-2/h4-22H2,1-3H3. The molecule has 0 aromatic carbocycles. The van der Waals surface area contributed by atoms with Crippen LogP contribution in [0.4, 0.5) is 0 Å². The average Bonchev–Trinajstić information content (AvgIpc) is 2.57. The Balaban J connectivity index is 2.97. The van der Waals surface area contributed by atoms with Gasteiger partial charge < -0.3 is 0 Å². The Labute approximate surface area is 149 Å². The summed E-state index contributed by atoms with van der Waals surface area (Å²) in [6.45, 7) is 6.89. The topological polar surface area (TPSA) is 0 Å². The predicted octanol–water partition coefficient (Wildman–Crippen LogP) is 9.03. The smallest absolute Gasteiger partial charge is 0.0275 e. The minimum absolute atomic E-state index is 1.28. The fourth-order valence-corrected chi connectivity index (χ4v) is 3.33. The van der Waals surface area contributed by atoms with Crippen molar-refractivity contribution in [2.24, 2.45) is 0 Å². The van der Waals surface area contributed by atoms with Gasteiger partial charge in [-0.3, -0.25) is 0 Å². The summed E-state index contributed by atoms with van der Waals surface area (Å²) in [5, 5.41) is 0. The van der Waals surface area contributed by atoms with Gasteiger partial charge in [-0.15, -0.1) is 0 Å². The van der Waals surface area contributed by atoms with Crippen LogP contribution >= 0.6 is 0 Å². The number of unbranched alkanes of at least 4 members (excludes halogenated alkanes) is 16. The van der Waals surface area contributed by atoms with E-state index in [0.29, 0.717) is 0 Å². The number of rotatable bonds is 19. The van der Waals surface area contributed by atoms with Gasteiger partial charge in [0.25, 0.3) is 0 Å². The predicted molar refractivity (Wildman–Crippen MR) is 108 cm³/mol. The molecule has 0 amide bonds. The van der Waals surface area contributed by atoms with Crippen LogP contribution in [0.3, 0.4) is 0 Å². The first-order valence-electron chi connectivity index (χ1n) is 11.1. The fourth-order valence-electron chi connectivity index (χ4n) is 3.33. The van der Waals surface area contributed by atoms with Crippen molar-refractivity contribution in [3.63, 3.8) is 0 Å². The average molecular weight is 324 g/mol. The van der Waals surface area contributed by atoms with E-state index in [4.69, 9.17) is 0 Å². The van der Waals surface area contributed by atoms with Crippen LogP contribution in [0.2, 0.25) is 0 Å². The Morgan fingerprint density at radius 3 is 1.04 bits per heavy atom. The lowest BCUT2D eigenvalue weighted by Crippen LogP contribution is -1.89. The lowest BCUT2D eigenvalue weighted by atomic mass is 9.99. The van der Waals surface area contributed by atoms with Crippen LogP contribution in [-0.2, 0) is 0 Å². The molecule has 0 fully saturated rings. The molecule has 0 aromatic heterocycles. The molecule has 0 heteroatoms. The van der Waals surface area contributed by atoms with E-state index in [-0.39, 0.29) is 0 Å². The summed E-state index contributed by atoms with van der Waals surface area (Å²) in [5.74, 6) is 1.69. The second-order valence-corrected chi connectivity index (χ2v) is 7.72. The summed E-state index contributed by atoms with van der Waals surface area (Å²) < 4.78 is 0. The van der Waals surface area contributed by atoms with Crippen molar-refractivity contribution in [2.45, 2.75) is 143 Å². The minimum Gasteiger partial charge on any atom is -0.0654 e. The van der Waals surface area contributed by atoms with Crippen molar-refractivity contribution in [3.8, 4) is 0 Å². The van der Waals surface area contributed by atoms with E-state index in [2.05, 4.69) is 20.8 Å². The highest BCUT2D eigenvalue weighted by molar-refractivity contribution is 4.80. The lowest BCUT2D eigenvalue weighted by Gasteiger charge is -2.07. The fraction of sp³-hybridized carbons (Fsp3) is 0.957. The molecule has 0 unspecified atom stereocenters. The molecule has 0 rings (SSSR count). The summed E-state index contributed by atoms with van der Waals surface area (Å²) in [4.78, 5) is 0. The zero-order valence-corrected chi connectivity index (χ0v) is 16.9. The second-order valence-electron chi connectivity index (χ2n) is 7.72. The van der Waals surface area contributed by atoms with E-state index in [1.165, 1.54) is 122 Å². The Morgan fingerprint density at radius 1 is 0.435 bits per heavy atom. The molecule has 0 heterocycles. The molecule has 0 saturated heterocycles. The van der Waals surface area contributed by atoms with Crippen molar-refractivity contribution in [1.29, 1.82) is 0 Å². The molecular formula is C23H47. The van der Waals surface area contributed by atoms with Gasteiger partial charge in [-0.1, -0.05) is 136 Å². The Kier molecular flexibility index (Phi) is 20.0. The van der Waals surface area contributed by atoms with Crippen LogP contribution in [0.15, 0.2) is 0 Å². The quantitative estimate of drug-likeness (QED) is 0.208. The Morgan fingerprint density at radius 2 is 0.739 bits per heavy atom. The highest BCUT2D eigenvalue weighted by atomic mass is 14.0. The van der Waals surface area contributed by atoms with Crippen LogP contribution in [-0.4, -0.2) is 0 Å². The first-order chi connectivity index (χ1) is 11.3. The number of hydrogen-bond donors (Lipinski definition) is 0. The molecule has 23 heavy (non-hydrogen) atoms. The van der Waals surface area contributed by atoms with Gasteiger partial charge in [-0.2, -0.15) is 0 Å².